The second-order valence-corrected chi connectivity index (χ2v) is 4.43. The quantitative estimate of drug-likeness (QED) is 0.841. The highest BCUT2D eigenvalue weighted by atomic mass is 35.5. The van der Waals surface area contributed by atoms with E-state index in [0.29, 0.717) is 25.4 Å². The number of rotatable bonds is 7. The van der Waals surface area contributed by atoms with Crippen molar-refractivity contribution in [2.45, 2.75) is 32.1 Å². The summed E-state index contributed by atoms with van der Waals surface area (Å²) in [6, 6.07) is -0.906. The minimum Gasteiger partial charge on any atom is -0.383 e. The largest absolute Gasteiger partial charge is 0.390 e. The van der Waals surface area contributed by atoms with Crippen LogP contribution in [0.2, 0.25) is 5.02 Å². The van der Waals surface area contributed by atoms with E-state index in [1.54, 1.807) is 6.92 Å². The Balaban J connectivity index is 2.96. The Morgan fingerprint density at radius 2 is 2.21 bits per heavy atom. The summed E-state index contributed by atoms with van der Waals surface area (Å²) in [5.41, 5.74) is 0.345. The van der Waals surface area contributed by atoms with Crippen molar-refractivity contribution in [2.24, 2.45) is 0 Å². The summed E-state index contributed by atoms with van der Waals surface area (Å²) in [5.74, 6) is 0. The molecule has 1 unspecified atom stereocenters. The van der Waals surface area contributed by atoms with E-state index in [0.717, 1.165) is 0 Å². The Labute approximate surface area is 114 Å². The molecule has 19 heavy (non-hydrogen) atoms. The molecule has 110 valence electrons. The number of halogens is 4. The van der Waals surface area contributed by atoms with Crippen LogP contribution >= 0.6 is 11.6 Å². The molecule has 0 amide bonds. The normalized spacial score (nSPS) is 13.8. The van der Waals surface area contributed by atoms with E-state index in [-0.39, 0.29) is 5.02 Å². The minimum atomic E-state index is -4.27. The number of alkyl halides is 3. The lowest BCUT2D eigenvalue weighted by molar-refractivity contribution is -0.140. The zero-order chi connectivity index (χ0) is 14.5. The third kappa shape index (κ3) is 5.00. The average Bonchev–Trinajstić information content (AvgIpc) is 2.65. The van der Waals surface area contributed by atoms with Crippen molar-refractivity contribution in [3.05, 3.63) is 16.9 Å². The molecular formula is C11H17ClF3N3O. The summed E-state index contributed by atoms with van der Waals surface area (Å²) in [6.07, 6.45) is -3.90. The number of nitrogens with zero attached hydrogens (tertiary/aromatic N) is 2. The van der Waals surface area contributed by atoms with Crippen molar-refractivity contribution < 1.29 is 17.9 Å². The Kier molecular flexibility index (Phi) is 6.09. The molecule has 0 radical (unpaired) electrons. The van der Waals surface area contributed by atoms with Crippen LogP contribution in [0.15, 0.2) is 6.20 Å². The molecule has 0 aromatic carbocycles. The lowest BCUT2D eigenvalue weighted by Gasteiger charge is -2.21. The van der Waals surface area contributed by atoms with Crippen LogP contribution in [0.3, 0.4) is 0 Å². The third-order valence-electron chi connectivity index (χ3n) is 2.56. The molecule has 0 bridgehead atoms. The second kappa shape index (κ2) is 7.12. The van der Waals surface area contributed by atoms with Gasteiger partial charge in [0.2, 0.25) is 0 Å². The highest BCUT2D eigenvalue weighted by Gasteiger charge is 2.34. The van der Waals surface area contributed by atoms with Gasteiger partial charge in [-0.1, -0.05) is 18.5 Å². The van der Waals surface area contributed by atoms with Crippen molar-refractivity contribution >= 4 is 11.6 Å². The lowest BCUT2D eigenvalue weighted by Crippen LogP contribution is -2.29. The van der Waals surface area contributed by atoms with E-state index in [2.05, 4.69) is 10.4 Å². The topological polar surface area (TPSA) is 39.1 Å². The molecule has 0 fully saturated rings. The molecule has 1 aromatic heterocycles. The van der Waals surface area contributed by atoms with Crippen molar-refractivity contribution in [3.8, 4) is 0 Å². The summed E-state index contributed by atoms with van der Waals surface area (Å²) in [6.45, 7) is 2.87. The van der Waals surface area contributed by atoms with Crippen LogP contribution in [-0.4, -0.2) is 36.2 Å². The molecular weight excluding hydrogens is 283 g/mol. The Hall–Kier alpha value is -0.790. The Bertz CT molecular complexity index is 395. The molecule has 0 aliphatic carbocycles. The van der Waals surface area contributed by atoms with Crippen molar-refractivity contribution in [3.63, 3.8) is 0 Å². The SMILES string of the molecule is CCNC(CC(F)(F)F)c1c(Cl)cnn1CCOC. The first-order chi connectivity index (χ1) is 8.89. The monoisotopic (exact) mass is 299 g/mol. The van der Waals surface area contributed by atoms with Crippen LogP contribution in [0.1, 0.15) is 25.1 Å². The molecule has 8 heteroatoms. The summed E-state index contributed by atoms with van der Waals surface area (Å²) in [5, 5.41) is 7.00. The van der Waals surface area contributed by atoms with E-state index < -0.39 is 18.6 Å². The standard InChI is InChI=1S/C11H17ClF3N3O/c1-3-16-9(6-11(13,14)15)10-8(12)7-17-18(10)4-5-19-2/h7,9,16H,3-6H2,1-2H3. The van der Waals surface area contributed by atoms with Gasteiger partial charge in [0.15, 0.2) is 0 Å². The van der Waals surface area contributed by atoms with Crippen LogP contribution in [0.5, 0.6) is 0 Å². The maximum atomic E-state index is 12.6. The first kappa shape index (κ1) is 16.3. The van der Waals surface area contributed by atoms with Gasteiger partial charge < -0.3 is 10.1 Å². The van der Waals surface area contributed by atoms with Gasteiger partial charge in [0, 0.05) is 7.11 Å². The first-order valence-electron chi connectivity index (χ1n) is 5.89. The lowest BCUT2D eigenvalue weighted by atomic mass is 10.1. The molecule has 1 aromatic rings. The van der Waals surface area contributed by atoms with E-state index in [9.17, 15) is 13.2 Å². The number of hydrogen-bond donors (Lipinski definition) is 1. The van der Waals surface area contributed by atoms with Crippen molar-refractivity contribution in [1.29, 1.82) is 0 Å². The van der Waals surface area contributed by atoms with Gasteiger partial charge in [-0.25, -0.2) is 0 Å². The molecule has 1 atom stereocenters. The van der Waals surface area contributed by atoms with Gasteiger partial charge in [0.25, 0.3) is 0 Å². The average molecular weight is 300 g/mol. The van der Waals surface area contributed by atoms with Gasteiger partial charge >= 0.3 is 6.18 Å². The number of nitrogens with one attached hydrogen (secondary N) is 1. The predicted octanol–water partition coefficient (Wildman–Crippen LogP) is 2.79. The molecule has 1 N–H and O–H groups in total. The number of methoxy groups -OCH3 is 1. The zero-order valence-corrected chi connectivity index (χ0v) is 11.6. The maximum absolute atomic E-state index is 12.6. The molecule has 1 heterocycles. The fraction of sp³-hybridized carbons (Fsp3) is 0.727. The highest BCUT2D eigenvalue weighted by Crippen LogP contribution is 2.32. The molecule has 1 rings (SSSR count). The summed E-state index contributed by atoms with van der Waals surface area (Å²) >= 11 is 5.95. The number of hydrogen-bond acceptors (Lipinski definition) is 3. The second-order valence-electron chi connectivity index (χ2n) is 4.02. The van der Waals surface area contributed by atoms with Crippen LogP contribution in [0.4, 0.5) is 13.2 Å². The van der Waals surface area contributed by atoms with Gasteiger partial charge in [-0.2, -0.15) is 18.3 Å². The number of aromatic nitrogens is 2. The fourth-order valence-corrected chi connectivity index (χ4v) is 2.09. The van der Waals surface area contributed by atoms with Gasteiger partial charge in [-0.05, 0) is 6.54 Å². The van der Waals surface area contributed by atoms with Crippen LogP contribution in [-0.2, 0) is 11.3 Å². The Morgan fingerprint density at radius 1 is 1.53 bits per heavy atom. The summed E-state index contributed by atoms with van der Waals surface area (Å²) in [4.78, 5) is 0. The fourth-order valence-electron chi connectivity index (χ4n) is 1.82. The van der Waals surface area contributed by atoms with Gasteiger partial charge in [0.1, 0.15) is 0 Å². The van der Waals surface area contributed by atoms with E-state index >= 15 is 0 Å². The molecule has 0 aliphatic rings. The van der Waals surface area contributed by atoms with Gasteiger partial charge in [0.05, 0.1) is 42.5 Å². The van der Waals surface area contributed by atoms with E-state index in [1.807, 2.05) is 0 Å². The number of ether oxygens (including phenoxy) is 1. The minimum absolute atomic E-state index is 0.228. The van der Waals surface area contributed by atoms with E-state index in [4.69, 9.17) is 16.3 Å². The predicted molar refractivity (Wildman–Crippen MR) is 66.2 cm³/mol. The summed E-state index contributed by atoms with van der Waals surface area (Å²) < 4.78 is 44.2. The van der Waals surface area contributed by atoms with Crippen LogP contribution < -0.4 is 5.32 Å². The van der Waals surface area contributed by atoms with Gasteiger partial charge in [-0.3, -0.25) is 4.68 Å². The summed E-state index contributed by atoms with van der Waals surface area (Å²) in [7, 11) is 1.52. The molecule has 0 saturated heterocycles. The highest BCUT2D eigenvalue weighted by molar-refractivity contribution is 6.31. The smallest absolute Gasteiger partial charge is 0.383 e. The molecule has 0 aliphatic heterocycles. The zero-order valence-electron chi connectivity index (χ0n) is 10.8. The molecule has 4 nitrogen and oxygen atoms in total. The first-order valence-corrected chi connectivity index (χ1v) is 6.27. The maximum Gasteiger partial charge on any atom is 0.390 e. The van der Waals surface area contributed by atoms with E-state index in [1.165, 1.54) is 18.0 Å². The van der Waals surface area contributed by atoms with Crippen LogP contribution in [0, 0.1) is 0 Å². The third-order valence-corrected chi connectivity index (χ3v) is 2.85. The molecule has 0 spiro atoms. The van der Waals surface area contributed by atoms with Crippen LogP contribution in [0.25, 0.3) is 0 Å². The van der Waals surface area contributed by atoms with Gasteiger partial charge in [-0.15, -0.1) is 0 Å². The Morgan fingerprint density at radius 3 is 2.74 bits per heavy atom. The molecule has 0 saturated carbocycles. The van der Waals surface area contributed by atoms with Crippen molar-refractivity contribution in [1.82, 2.24) is 15.1 Å². The van der Waals surface area contributed by atoms with Crippen molar-refractivity contribution in [2.75, 3.05) is 20.3 Å².